The molecule has 1 N–H and O–H groups in total. The summed E-state index contributed by atoms with van der Waals surface area (Å²) in [5.41, 5.74) is 2.88. The molecule has 1 aliphatic rings. The van der Waals surface area contributed by atoms with Gasteiger partial charge in [0.15, 0.2) is 0 Å². The molecule has 1 aliphatic heterocycles. The maximum atomic E-state index is 13.5. The fourth-order valence-corrected chi connectivity index (χ4v) is 4.61. The van der Waals surface area contributed by atoms with Crippen molar-refractivity contribution in [1.82, 2.24) is 14.8 Å². The smallest absolute Gasteiger partial charge is 0.338 e. The van der Waals surface area contributed by atoms with E-state index in [0.717, 1.165) is 15.6 Å². The monoisotopic (exact) mass is 502 g/mol. The van der Waals surface area contributed by atoms with Crippen LogP contribution in [0.3, 0.4) is 0 Å². The van der Waals surface area contributed by atoms with Gasteiger partial charge in [0.25, 0.3) is 0 Å². The Morgan fingerprint density at radius 3 is 2.84 bits per heavy atom. The zero-order valence-electron chi connectivity index (χ0n) is 16.9. The number of hydrogen-bond acceptors (Lipinski definition) is 6. The quantitative estimate of drug-likeness (QED) is 0.363. The summed E-state index contributed by atoms with van der Waals surface area (Å²) in [6, 6.07) is 13.7. The number of nitrogens with zero attached hydrogens (tertiary/aromatic N) is 3. The van der Waals surface area contributed by atoms with Crippen molar-refractivity contribution in [3.05, 3.63) is 81.2 Å². The van der Waals surface area contributed by atoms with Crippen molar-refractivity contribution in [3.63, 3.8) is 0 Å². The minimum absolute atomic E-state index is 0.273. The number of hydrogen-bond donors (Lipinski definition) is 1. The third-order valence-electron chi connectivity index (χ3n) is 4.75. The Morgan fingerprint density at radius 1 is 1.29 bits per heavy atom. The second-order valence-electron chi connectivity index (χ2n) is 6.92. The minimum Gasteiger partial charge on any atom is -0.463 e. The molecule has 0 spiro atoms. The van der Waals surface area contributed by atoms with E-state index in [-0.39, 0.29) is 12.4 Å². The van der Waals surface area contributed by atoms with Gasteiger partial charge in [-0.05, 0) is 49.2 Å². The van der Waals surface area contributed by atoms with Gasteiger partial charge >= 0.3 is 5.97 Å². The van der Waals surface area contributed by atoms with Gasteiger partial charge in [-0.25, -0.2) is 13.9 Å². The lowest BCUT2D eigenvalue weighted by atomic mass is 9.96. The molecule has 0 amide bonds. The molecule has 0 saturated heterocycles. The molecule has 0 bridgehead atoms. The molecule has 160 valence electrons. The third kappa shape index (κ3) is 4.67. The fraction of sp³-hybridized carbons (Fsp3) is 0.227. The van der Waals surface area contributed by atoms with E-state index in [1.54, 1.807) is 17.7 Å². The lowest BCUT2D eigenvalue weighted by molar-refractivity contribution is -0.139. The Labute approximate surface area is 192 Å². The summed E-state index contributed by atoms with van der Waals surface area (Å²) in [6.45, 7) is 3.88. The largest absolute Gasteiger partial charge is 0.463 e. The number of carbonyl (C=O) groups is 1. The second-order valence-corrected chi connectivity index (χ2v) is 8.78. The van der Waals surface area contributed by atoms with Gasteiger partial charge in [0.1, 0.15) is 11.9 Å². The van der Waals surface area contributed by atoms with Gasteiger partial charge in [0.2, 0.25) is 11.1 Å². The molecule has 0 radical (unpaired) electrons. The number of aromatic nitrogens is 3. The van der Waals surface area contributed by atoms with Crippen LogP contribution in [0.2, 0.25) is 0 Å². The molecule has 3 aromatic rings. The lowest BCUT2D eigenvalue weighted by Crippen LogP contribution is -2.29. The highest BCUT2D eigenvalue weighted by Crippen LogP contribution is 2.37. The second kappa shape index (κ2) is 9.23. The van der Waals surface area contributed by atoms with Crippen molar-refractivity contribution in [2.75, 3.05) is 11.9 Å². The SMILES string of the molecule is CCOC(=O)C1=C(C)Nc2nc(SCc3cccc(F)c3)nn2[C@@H]1c1cccc(Br)c1. The first kappa shape index (κ1) is 21.6. The molecule has 0 fully saturated rings. The highest BCUT2D eigenvalue weighted by Gasteiger charge is 2.35. The van der Waals surface area contributed by atoms with Gasteiger partial charge < -0.3 is 10.1 Å². The van der Waals surface area contributed by atoms with Gasteiger partial charge in [-0.1, -0.05) is 52.0 Å². The van der Waals surface area contributed by atoms with Gasteiger partial charge in [0.05, 0.1) is 12.2 Å². The van der Waals surface area contributed by atoms with E-state index in [9.17, 15) is 9.18 Å². The van der Waals surface area contributed by atoms with E-state index < -0.39 is 12.0 Å². The molecule has 0 saturated carbocycles. The van der Waals surface area contributed by atoms with Crippen LogP contribution in [0.4, 0.5) is 10.3 Å². The van der Waals surface area contributed by atoms with Crippen molar-refractivity contribution in [2.45, 2.75) is 30.8 Å². The summed E-state index contributed by atoms with van der Waals surface area (Å²) < 4.78 is 21.4. The molecule has 0 unspecified atom stereocenters. The van der Waals surface area contributed by atoms with Crippen LogP contribution >= 0.6 is 27.7 Å². The number of nitrogens with one attached hydrogen (secondary N) is 1. The first-order valence-electron chi connectivity index (χ1n) is 9.70. The van der Waals surface area contributed by atoms with E-state index in [0.29, 0.717) is 28.1 Å². The molecule has 2 heterocycles. The number of ether oxygens (including phenoxy) is 1. The Hall–Kier alpha value is -2.65. The summed E-state index contributed by atoms with van der Waals surface area (Å²) in [7, 11) is 0. The Kier molecular flexibility index (Phi) is 6.43. The minimum atomic E-state index is -0.483. The molecule has 31 heavy (non-hydrogen) atoms. The predicted molar refractivity (Wildman–Crippen MR) is 121 cm³/mol. The molecule has 4 rings (SSSR count). The van der Waals surface area contributed by atoms with Crippen molar-refractivity contribution >= 4 is 39.6 Å². The Balaban J connectivity index is 1.70. The highest BCUT2D eigenvalue weighted by molar-refractivity contribution is 9.10. The van der Waals surface area contributed by atoms with Crippen molar-refractivity contribution in [1.29, 1.82) is 0 Å². The lowest BCUT2D eigenvalue weighted by Gasteiger charge is -2.28. The molecular weight excluding hydrogens is 483 g/mol. The molecule has 0 aliphatic carbocycles. The summed E-state index contributed by atoms with van der Waals surface area (Å²) in [6.07, 6.45) is 0. The van der Waals surface area contributed by atoms with Crippen molar-refractivity contribution in [3.8, 4) is 0 Å². The van der Waals surface area contributed by atoms with Crippen LogP contribution in [0.15, 0.2) is 69.4 Å². The van der Waals surface area contributed by atoms with E-state index in [1.165, 1.54) is 23.9 Å². The number of fused-ring (bicyclic) bond motifs is 1. The van der Waals surface area contributed by atoms with E-state index in [2.05, 4.69) is 31.3 Å². The number of halogens is 2. The molecule has 1 aromatic heterocycles. The van der Waals surface area contributed by atoms with Crippen LogP contribution in [0.25, 0.3) is 0 Å². The zero-order chi connectivity index (χ0) is 22.0. The summed E-state index contributed by atoms with van der Waals surface area (Å²) in [5.74, 6) is 0.398. The number of rotatable bonds is 6. The average molecular weight is 503 g/mol. The van der Waals surface area contributed by atoms with Gasteiger partial charge in [-0.3, -0.25) is 0 Å². The van der Waals surface area contributed by atoms with E-state index in [1.807, 2.05) is 37.3 Å². The van der Waals surface area contributed by atoms with Gasteiger partial charge in [0, 0.05) is 15.9 Å². The van der Waals surface area contributed by atoms with Crippen LogP contribution in [0.5, 0.6) is 0 Å². The van der Waals surface area contributed by atoms with Gasteiger partial charge in [-0.2, -0.15) is 4.98 Å². The first-order valence-corrected chi connectivity index (χ1v) is 11.5. The fourth-order valence-electron chi connectivity index (χ4n) is 3.43. The average Bonchev–Trinajstić information content (AvgIpc) is 3.13. The van der Waals surface area contributed by atoms with Crippen LogP contribution in [-0.4, -0.2) is 27.3 Å². The summed E-state index contributed by atoms with van der Waals surface area (Å²) >= 11 is 4.91. The first-order chi connectivity index (χ1) is 15.0. The maximum Gasteiger partial charge on any atom is 0.338 e. The van der Waals surface area contributed by atoms with Crippen LogP contribution in [-0.2, 0) is 15.3 Å². The Morgan fingerprint density at radius 2 is 2.10 bits per heavy atom. The van der Waals surface area contributed by atoms with Crippen molar-refractivity contribution < 1.29 is 13.9 Å². The molecule has 9 heteroatoms. The van der Waals surface area contributed by atoms with Crippen molar-refractivity contribution in [2.24, 2.45) is 0 Å². The molecule has 1 atom stereocenters. The molecule has 2 aromatic carbocycles. The topological polar surface area (TPSA) is 69.0 Å². The maximum absolute atomic E-state index is 13.5. The normalized spacial score (nSPS) is 15.4. The predicted octanol–water partition coefficient (Wildman–Crippen LogP) is 5.32. The molecule has 6 nitrogen and oxygen atoms in total. The van der Waals surface area contributed by atoms with Crippen LogP contribution in [0, 0.1) is 5.82 Å². The van der Waals surface area contributed by atoms with Gasteiger partial charge in [-0.15, -0.1) is 5.10 Å². The number of benzene rings is 2. The van der Waals surface area contributed by atoms with Crippen LogP contribution in [0.1, 0.15) is 31.0 Å². The van der Waals surface area contributed by atoms with E-state index in [4.69, 9.17) is 4.74 Å². The number of anilines is 1. The number of thioether (sulfide) groups is 1. The number of carbonyl (C=O) groups excluding carboxylic acids is 1. The standard InChI is InChI=1S/C22H20BrFN4O2S/c1-3-30-20(29)18-13(2)25-21-26-22(31-12-14-6-4-9-17(24)10-14)27-28(21)19(18)15-7-5-8-16(23)11-15/h4-11,19H,3,12H2,1-2H3,(H,25,26,27)/t19-/m1/s1. The number of esters is 1. The highest BCUT2D eigenvalue weighted by atomic mass is 79.9. The zero-order valence-corrected chi connectivity index (χ0v) is 19.3. The summed E-state index contributed by atoms with van der Waals surface area (Å²) in [5, 5.41) is 8.36. The Bertz CT molecular complexity index is 1160. The summed E-state index contributed by atoms with van der Waals surface area (Å²) in [4.78, 5) is 17.4. The third-order valence-corrected chi connectivity index (χ3v) is 6.15. The van der Waals surface area contributed by atoms with Crippen LogP contribution < -0.4 is 5.32 Å². The van der Waals surface area contributed by atoms with E-state index >= 15 is 0 Å². The molecular formula is C22H20BrFN4O2S. The number of allylic oxidation sites excluding steroid dienone is 1.